The van der Waals surface area contributed by atoms with E-state index in [1.165, 1.54) is 0 Å². The summed E-state index contributed by atoms with van der Waals surface area (Å²) in [6.45, 7) is 0.377. The molecule has 0 aliphatic heterocycles. The lowest BCUT2D eigenvalue weighted by Crippen LogP contribution is -2.23. The fourth-order valence-corrected chi connectivity index (χ4v) is 2.07. The average Bonchev–Trinajstić information content (AvgIpc) is 2.59. The minimum atomic E-state index is -0.205. The molecule has 5 nitrogen and oxygen atoms in total. The highest BCUT2D eigenvalue weighted by atomic mass is 16.5. The Morgan fingerprint density at radius 3 is 2.18 bits per heavy atom. The number of amides is 1. The highest BCUT2D eigenvalue weighted by molar-refractivity contribution is 5.95. The molecule has 0 heterocycles. The summed E-state index contributed by atoms with van der Waals surface area (Å²) < 4.78 is 15.6. The van der Waals surface area contributed by atoms with E-state index in [1.54, 1.807) is 39.5 Å². The van der Waals surface area contributed by atoms with Crippen LogP contribution in [-0.2, 0) is 6.54 Å². The van der Waals surface area contributed by atoms with Gasteiger partial charge in [0.2, 0.25) is 0 Å². The maximum absolute atomic E-state index is 12.3. The van der Waals surface area contributed by atoms with E-state index < -0.39 is 0 Å². The van der Waals surface area contributed by atoms with Crippen molar-refractivity contribution in [3.63, 3.8) is 0 Å². The fourth-order valence-electron chi connectivity index (χ4n) is 2.07. The molecule has 0 aliphatic rings. The minimum absolute atomic E-state index is 0.205. The van der Waals surface area contributed by atoms with Crippen LogP contribution < -0.4 is 19.5 Å². The van der Waals surface area contributed by atoms with Crippen molar-refractivity contribution in [2.45, 2.75) is 6.54 Å². The van der Waals surface area contributed by atoms with Gasteiger partial charge in [-0.2, -0.15) is 0 Å². The maximum atomic E-state index is 12.3. The van der Waals surface area contributed by atoms with Crippen molar-refractivity contribution < 1.29 is 19.0 Å². The summed E-state index contributed by atoms with van der Waals surface area (Å²) in [7, 11) is 4.70. The Hall–Kier alpha value is -2.69. The highest BCUT2D eigenvalue weighted by Crippen LogP contribution is 2.23. The number of rotatable bonds is 6. The van der Waals surface area contributed by atoms with Crippen molar-refractivity contribution in [2.75, 3.05) is 21.3 Å². The zero-order chi connectivity index (χ0) is 15.9. The predicted molar refractivity (Wildman–Crippen MR) is 83.7 cm³/mol. The van der Waals surface area contributed by atoms with E-state index in [-0.39, 0.29) is 5.91 Å². The lowest BCUT2D eigenvalue weighted by Gasteiger charge is -2.11. The van der Waals surface area contributed by atoms with E-state index in [9.17, 15) is 4.79 Å². The number of hydrogen-bond donors (Lipinski definition) is 1. The molecular formula is C17H19NO4. The number of benzene rings is 2. The Balaban J connectivity index is 2.12. The normalized spacial score (nSPS) is 9.95. The van der Waals surface area contributed by atoms with E-state index in [2.05, 4.69) is 5.32 Å². The molecule has 1 amide bonds. The molecule has 5 heteroatoms. The van der Waals surface area contributed by atoms with E-state index in [0.717, 1.165) is 11.3 Å². The van der Waals surface area contributed by atoms with Crippen LogP contribution in [0.1, 0.15) is 15.9 Å². The molecule has 0 aliphatic carbocycles. The van der Waals surface area contributed by atoms with E-state index in [1.807, 2.05) is 24.3 Å². The molecular weight excluding hydrogens is 282 g/mol. The predicted octanol–water partition coefficient (Wildman–Crippen LogP) is 2.64. The summed E-state index contributed by atoms with van der Waals surface area (Å²) in [5.74, 6) is 1.68. The Bertz CT molecular complexity index is 633. The molecule has 0 aromatic heterocycles. The summed E-state index contributed by atoms with van der Waals surface area (Å²) in [6.07, 6.45) is 0. The van der Waals surface area contributed by atoms with Gasteiger partial charge in [-0.1, -0.05) is 18.2 Å². The van der Waals surface area contributed by atoms with Crippen LogP contribution in [0.2, 0.25) is 0 Å². The van der Waals surface area contributed by atoms with Crippen LogP contribution >= 0.6 is 0 Å². The second-order valence-electron chi connectivity index (χ2n) is 4.60. The number of para-hydroxylation sites is 1. The van der Waals surface area contributed by atoms with E-state index in [0.29, 0.717) is 23.6 Å². The number of nitrogens with one attached hydrogen (secondary N) is 1. The van der Waals surface area contributed by atoms with Gasteiger partial charge in [0, 0.05) is 23.7 Å². The zero-order valence-electron chi connectivity index (χ0n) is 12.9. The second-order valence-corrected chi connectivity index (χ2v) is 4.60. The molecule has 0 fully saturated rings. The van der Waals surface area contributed by atoms with Crippen LogP contribution in [0.3, 0.4) is 0 Å². The Labute approximate surface area is 129 Å². The molecule has 0 unspecified atom stereocenters. The van der Waals surface area contributed by atoms with Crippen LogP contribution in [0.25, 0.3) is 0 Å². The maximum Gasteiger partial charge on any atom is 0.251 e. The molecule has 2 rings (SSSR count). The van der Waals surface area contributed by atoms with E-state index >= 15 is 0 Å². The summed E-state index contributed by atoms with van der Waals surface area (Å²) in [6, 6.07) is 12.6. The van der Waals surface area contributed by atoms with Gasteiger partial charge in [-0.3, -0.25) is 4.79 Å². The number of ether oxygens (including phenoxy) is 3. The largest absolute Gasteiger partial charge is 0.497 e. The summed E-state index contributed by atoms with van der Waals surface area (Å²) in [4.78, 5) is 12.3. The summed E-state index contributed by atoms with van der Waals surface area (Å²) >= 11 is 0. The number of carbonyl (C=O) groups excluding carboxylic acids is 1. The van der Waals surface area contributed by atoms with Gasteiger partial charge in [0.15, 0.2) is 0 Å². The SMILES string of the molecule is COc1cc(OC)cc(C(=O)NCc2ccccc2OC)c1. The highest BCUT2D eigenvalue weighted by Gasteiger charge is 2.10. The Morgan fingerprint density at radius 1 is 0.955 bits per heavy atom. The first-order valence-corrected chi connectivity index (χ1v) is 6.81. The summed E-state index contributed by atoms with van der Waals surface area (Å²) in [5.41, 5.74) is 1.39. The van der Waals surface area contributed by atoms with Crippen LogP contribution in [0.4, 0.5) is 0 Å². The standard InChI is InChI=1S/C17H19NO4/c1-20-14-8-13(9-15(10-14)21-2)17(19)18-11-12-6-4-5-7-16(12)22-3/h4-10H,11H2,1-3H3,(H,18,19). The van der Waals surface area contributed by atoms with Gasteiger partial charge in [0.05, 0.1) is 21.3 Å². The third kappa shape index (κ3) is 3.69. The van der Waals surface area contributed by atoms with Crippen molar-refractivity contribution in [3.8, 4) is 17.2 Å². The van der Waals surface area contributed by atoms with Gasteiger partial charge >= 0.3 is 0 Å². The molecule has 2 aromatic rings. The van der Waals surface area contributed by atoms with Gasteiger partial charge in [-0.25, -0.2) is 0 Å². The smallest absolute Gasteiger partial charge is 0.251 e. The average molecular weight is 301 g/mol. The Kier molecular flexibility index (Phi) is 5.25. The zero-order valence-corrected chi connectivity index (χ0v) is 12.9. The minimum Gasteiger partial charge on any atom is -0.497 e. The van der Waals surface area contributed by atoms with Crippen LogP contribution in [0, 0.1) is 0 Å². The second kappa shape index (κ2) is 7.36. The van der Waals surface area contributed by atoms with E-state index in [4.69, 9.17) is 14.2 Å². The topological polar surface area (TPSA) is 56.8 Å². The first-order chi connectivity index (χ1) is 10.7. The van der Waals surface area contributed by atoms with Crippen molar-refractivity contribution in [2.24, 2.45) is 0 Å². The van der Waals surface area contributed by atoms with Gasteiger partial charge in [0.25, 0.3) is 5.91 Å². The lowest BCUT2D eigenvalue weighted by molar-refractivity contribution is 0.0950. The van der Waals surface area contributed by atoms with Gasteiger partial charge in [0.1, 0.15) is 17.2 Å². The first-order valence-electron chi connectivity index (χ1n) is 6.81. The van der Waals surface area contributed by atoms with Crippen LogP contribution in [-0.4, -0.2) is 27.2 Å². The third-order valence-corrected chi connectivity index (χ3v) is 3.25. The van der Waals surface area contributed by atoms with Gasteiger partial charge in [-0.15, -0.1) is 0 Å². The van der Waals surface area contributed by atoms with Crippen molar-refractivity contribution in [3.05, 3.63) is 53.6 Å². The Morgan fingerprint density at radius 2 is 1.59 bits per heavy atom. The third-order valence-electron chi connectivity index (χ3n) is 3.25. The lowest BCUT2D eigenvalue weighted by atomic mass is 10.1. The number of methoxy groups -OCH3 is 3. The molecule has 0 atom stereocenters. The quantitative estimate of drug-likeness (QED) is 0.891. The van der Waals surface area contributed by atoms with Crippen molar-refractivity contribution >= 4 is 5.91 Å². The molecule has 0 radical (unpaired) electrons. The first kappa shape index (κ1) is 15.7. The number of hydrogen-bond acceptors (Lipinski definition) is 4. The molecule has 2 aromatic carbocycles. The van der Waals surface area contributed by atoms with Crippen molar-refractivity contribution in [1.29, 1.82) is 0 Å². The summed E-state index contributed by atoms with van der Waals surface area (Å²) in [5, 5.41) is 2.86. The number of carbonyl (C=O) groups is 1. The monoisotopic (exact) mass is 301 g/mol. The van der Waals surface area contributed by atoms with Crippen LogP contribution in [0.15, 0.2) is 42.5 Å². The molecule has 116 valence electrons. The molecule has 0 bridgehead atoms. The van der Waals surface area contributed by atoms with Gasteiger partial charge in [-0.05, 0) is 18.2 Å². The van der Waals surface area contributed by atoms with Crippen LogP contribution in [0.5, 0.6) is 17.2 Å². The fraction of sp³-hybridized carbons (Fsp3) is 0.235. The molecule has 22 heavy (non-hydrogen) atoms. The van der Waals surface area contributed by atoms with Gasteiger partial charge < -0.3 is 19.5 Å². The van der Waals surface area contributed by atoms with Crippen molar-refractivity contribution in [1.82, 2.24) is 5.32 Å². The molecule has 0 saturated heterocycles. The molecule has 0 saturated carbocycles. The molecule has 0 spiro atoms. The molecule has 1 N–H and O–H groups in total.